The molecular weight excluding hydrogens is 999 g/mol. The summed E-state index contributed by atoms with van der Waals surface area (Å²) >= 11 is 25.6. The van der Waals surface area contributed by atoms with Crippen LogP contribution in [0.2, 0.25) is 0 Å². The second kappa shape index (κ2) is 38.0. The number of nitrogens with one attached hydrogen (secondary N) is 2. The van der Waals surface area contributed by atoms with Gasteiger partial charge in [-0.25, -0.2) is 15.9 Å². The van der Waals surface area contributed by atoms with Crippen molar-refractivity contribution in [3.8, 4) is 0 Å². The third-order valence-electron chi connectivity index (χ3n) is 7.69. The van der Waals surface area contributed by atoms with Crippen LogP contribution in [-0.2, 0) is 38.1 Å². The number of ether oxygens (including phenoxy) is 4. The lowest BCUT2D eigenvalue weighted by molar-refractivity contribution is -0.159. The number of hydrazine groups is 2. The van der Waals surface area contributed by atoms with Crippen molar-refractivity contribution >= 4 is 144 Å². The first-order chi connectivity index (χ1) is 31.1. The third-order valence-corrected chi connectivity index (χ3v) is 13.2. The van der Waals surface area contributed by atoms with Gasteiger partial charge in [0.05, 0.1) is 22.8 Å². The standard InChI is InChI=1S/C25H38N4O6S5.C10H18N2O2S2.C8H13NS/c1-8-12-28(26-9-2)23(36)39-18(4)21(31)34-15-25(6,14-33-20(30)17(3)38-7)16-35-22(32)19(5)40-24(37)29-13-10-11-27-29;1-5-7-12(11-4)10(15)16-8(3)9(13)14-6-2;1-8(2)5-4-6-9(3)7-10/h8-10,12-13,17-19,27H,11,14-16H2,1-7H3;5,7-8,11H,6H2,1-4H3;4-7H,1-3H3/b12-8-,26-9-;7-5-;6-4-. The first-order valence-corrected chi connectivity index (χ1v) is 26.2. The van der Waals surface area contributed by atoms with Crippen molar-refractivity contribution in [2.75, 3.05) is 53.3 Å². The highest BCUT2D eigenvalue weighted by atomic mass is 32.2. The van der Waals surface area contributed by atoms with Crippen molar-refractivity contribution in [2.45, 2.75) is 97.2 Å². The zero-order valence-corrected chi connectivity index (χ0v) is 47.0. The zero-order valence-electron chi connectivity index (χ0n) is 40.5. The van der Waals surface area contributed by atoms with Gasteiger partial charge in [0.1, 0.15) is 35.6 Å². The number of hydrazone groups is 1. The number of allylic oxidation sites excluding steroid dienone is 5. The summed E-state index contributed by atoms with van der Waals surface area (Å²) in [6, 6.07) is 0. The molecule has 0 saturated carbocycles. The van der Waals surface area contributed by atoms with Gasteiger partial charge in [0, 0.05) is 51.7 Å². The minimum Gasteiger partial charge on any atom is -0.465 e. The highest BCUT2D eigenvalue weighted by Crippen LogP contribution is 2.25. The summed E-state index contributed by atoms with van der Waals surface area (Å²) in [6.45, 7) is 20.6. The van der Waals surface area contributed by atoms with Gasteiger partial charge in [-0.15, -0.1) is 0 Å². The molecule has 0 amide bonds. The van der Waals surface area contributed by atoms with Gasteiger partial charge in [-0.05, 0) is 88.5 Å². The zero-order chi connectivity index (χ0) is 50.8. The Kier molecular flexibility index (Phi) is 37.6. The highest BCUT2D eigenvalue weighted by molar-refractivity contribution is 8.24. The summed E-state index contributed by atoms with van der Waals surface area (Å²) in [5.41, 5.74) is 7.85. The quantitative estimate of drug-likeness (QED) is 0.0265. The van der Waals surface area contributed by atoms with E-state index in [-0.39, 0.29) is 36.3 Å². The van der Waals surface area contributed by atoms with Gasteiger partial charge < -0.3 is 23.8 Å². The topological polar surface area (TPSA) is 155 Å². The van der Waals surface area contributed by atoms with E-state index in [4.69, 9.17) is 55.6 Å². The van der Waals surface area contributed by atoms with E-state index in [1.807, 2.05) is 56.3 Å². The molecular formula is C43H69N7O8S8. The van der Waals surface area contributed by atoms with Gasteiger partial charge >= 0.3 is 23.9 Å². The van der Waals surface area contributed by atoms with Gasteiger partial charge in [-0.1, -0.05) is 114 Å². The molecule has 23 heteroatoms. The van der Waals surface area contributed by atoms with Crippen molar-refractivity contribution in [1.29, 1.82) is 0 Å². The first kappa shape index (κ1) is 65.2. The van der Waals surface area contributed by atoms with Crippen molar-refractivity contribution < 1.29 is 38.1 Å². The van der Waals surface area contributed by atoms with E-state index in [0.29, 0.717) is 26.1 Å². The molecule has 1 aliphatic rings. The fraction of sp³-hybridized carbons (Fsp3) is 0.558. The number of hydrogen-bond acceptors (Lipinski definition) is 19. The summed E-state index contributed by atoms with van der Waals surface area (Å²) in [6.07, 6.45) is 20.2. The van der Waals surface area contributed by atoms with Crippen molar-refractivity contribution in [3.05, 3.63) is 60.8 Å². The Hall–Kier alpha value is -2.87. The van der Waals surface area contributed by atoms with E-state index in [1.165, 1.54) is 45.9 Å². The number of rotatable bonds is 22. The SMILES string of the molecule is C/C=C\N(/N=C\C)C(=S)SC(C)C(=O)OCC(C)(COC(=O)C(C)SC)COC(=O)C(C)SC(=S)N1C=CCN1.C/C=C\N(NC)C(=S)SC(C)C(=O)OCC.CC(C)=C/C=C\N(C)C=S. The average Bonchev–Trinajstić information content (AvgIpc) is 3.84. The van der Waals surface area contributed by atoms with E-state index in [0.717, 1.165) is 11.8 Å². The summed E-state index contributed by atoms with van der Waals surface area (Å²) < 4.78 is 23.0. The molecule has 0 bridgehead atoms. The van der Waals surface area contributed by atoms with Crippen LogP contribution in [0.5, 0.6) is 0 Å². The van der Waals surface area contributed by atoms with Gasteiger partial charge in [0.2, 0.25) is 0 Å². The number of nitrogens with zero attached hydrogens (tertiary/aromatic N) is 5. The average molecular weight is 1070 g/mol. The van der Waals surface area contributed by atoms with Crippen molar-refractivity contribution in [2.24, 2.45) is 10.5 Å². The van der Waals surface area contributed by atoms with E-state index in [2.05, 4.69) is 42.0 Å². The molecule has 0 aliphatic carbocycles. The van der Waals surface area contributed by atoms with E-state index in [1.54, 1.807) is 108 Å². The lowest BCUT2D eigenvalue weighted by atomic mass is 9.94. The highest BCUT2D eigenvalue weighted by Gasteiger charge is 2.34. The largest absolute Gasteiger partial charge is 0.465 e. The predicted molar refractivity (Wildman–Crippen MR) is 295 cm³/mol. The van der Waals surface area contributed by atoms with Crippen LogP contribution in [0.25, 0.3) is 0 Å². The Balaban J connectivity index is 0. The van der Waals surface area contributed by atoms with Gasteiger partial charge in [-0.2, -0.15) is 16.9 Å². The number of thiocarbonyl (C=S) groups is 4. The Morgan fingerprint density at radius 1 is 0.833 bits per heavy atom. The number of thioether (sulfide) groups is 4. The minimum absolute atomic E-state index is 0.111. The van der Waals surface area contributed by atoms with Gasteiger partial charge in [-0.3, -0.25) is 29.2 Å². The summed E-state index contributed by atoms with van der Waals surface area (Å²) in [5, 5.41) is 7.09. The lowest BCUT2D eigenvalue weighted by Crippen LogP contribution is -2.39. The molecule has 2 N–H and O–H groups in total. The maximum atomic E-state index is 12.8. The second-order valence-electron chi connectivity index (χ2n) is 14.1. The Morgan fingerprint density at radius 3 is 1.76 bits per heavy atom. The first-order valence-electron chi connectivity index (χ1n) is 20.6. The molecule has 0 aromatic heterocycles. The maximum Gasteiger partial charge on any atom is 0.319 e. The number of esters is 4. The molecule has 372 valence electrons. The lowest BCUT2D eigenvalue weighted by Gasteiger charge is -2.29. The smallest absolute Gasteiger partial charge is 0.319 e. The number of carbonyl (C=O) groups is 4. The van der Waals surface area contributed by atoms with Crippen LogP contribution in [0.15, 0.2) is 65.9 Å². The molecule has 1 rings (SSSR count). The third kappa shape index (κ3) is 29.8. The second-order valence-corrected chi connectivity index (χ2v) is 21.4. The molecule has 5 atom stereocenters. The summed E-state index contributed by atoms with van der Waals surface area (Å²) in [4.78, 5) is 51.1. The molecule has 0 saturated heterocycles. The molecule has 15 nitrogen and oxygen atoms in total. The molecule has 0 spiro atoms. The molecule has 1 heterocycles. The van der Waals surface area contributed by atoms with Gasteiger partial charge in [0.25, 0.3) is 0 Å². The summed E-state index contributed by atoms with van der Waals surface area (Å²) in [5.74, 6) is -1.67. The van der Waals surface area contributed by atoms with E-state index >= 15 is 0 Å². The van der Waals surface area contributed by atoms with E-state index < -0.39 is 33.8 Å². The maximum absolute atomic E-state index is 12.8. The Labute approximate surface area is 432 Å². The molecule has 0 radical (unpaired) electrons. The molecule has 0 aromatic carbocycles. The molecule has 66 heavy (non-hydrogen) atoms. The monoisotopic (exact) mass is 1070 g/mol. The van der Waals surface area contributed by atoms with Crippen LogP contribution >= 0.6 is 95.9 Å². The van der Waals surface area contributed by atoms with Crippen molar-refractivity contribution in [3.63, 3.8) is 0 Å². The Bertz CT molecular complexity index is 1730. The van der Waals surface area contributed by atoms with Crippen LogP contribution < -0.4 is 10.9 Å². The van der Waals surface area contributed by atoms with Crippen LogP contribution in [-0.4, -0.2) is 143 Å². The fourth-order valence-electron chi connectivity index (χ4n) is 4.02. The van der Waals surface area contributed by atoms with Crippen LogP contribution in [0, 0.1) is 5.41 Å². The number of carbonyl (C=O) groups excluding carboxylic acids is 4. The molecule has 0 aromatic rings. The normalized spacial score (nSPS) is 14.7. The summed E-state index contributed by atoms with van der Waals surface area (Å²) in [7, 11) is 3.67. The minimum atomic E-state index is -0.988. The van der Waals surface area contributed by atoms with Crippen molar-refractivity contribution in [1.82, 2.24) is 30.8 Å². The van der Waals surface area contributed by atoms with Crippen LogP contribution in [0.3, 0.4) is 0 Å². The molecule has 1 aliphatic heterocycles. The molecule has 5 unspecified atom stereocenters. The predicted octanol–water partition coefficient (Wildman–Crippen LogP) is 8.64. The van der Waals surface area contributed by atoms with Crippen LogP contribution in [0.4, 0.5) is 0 Å². The van der Waals surface area contributed by atoms with Crippen LogP contribution in [0.1, 0.15) is 76.2 Å². The Morgan fingerprint density at radius 2 is 1.33 bits per heavy atom. The molecule has 0 fully saturated rings. The van der Waals surface area contributed by atoms with E-state index in [9.17, 15) is 19.2 Å². The fourth-order valence-corrected chi connectivity index (χ4v) is 8.15. The number of hydrogen-bond donors (Lipinski definition) is 2. The van der Waals surface area contributed by atoms with Gasteiger partial charge in [0.15, 0.2) is 13.0 Å².